The van der Waals surface area contributed by atoms with Crippen molar-refractivity contribution in [1.29, 1.82) is 0 Å². The fraction of sp³-hybridized carbons (Fsp3) is 0.0455. The average molecular weight is 605 g/mol. The molecule has 3 heteroatoms. The number of fused-ring (bicyclic) bond motifs is 9. The van der Waals surface area contributed by atoms with Crippen molar-refractivity contribution >= 4 is 65.6 Å². The molecular weight excluding hydrogens is 572 g/mol. The number of nitrogens with zero attached hydrogens (tertiary/aromatic N) is 1. The lowest BCUT2D eigenvalue weighted by Crippen LogP contribution is -1.93. The highest BCUT2D eigenvalue weighted by atomic mass is 16.3. The zero-order valence-electron chi connectivity index (χ0n) is 26.3. The van der Waals surface area contributed by atoms with Gasteiger partial charge in [-0.1, -0.05) is 111 Å². The quantitative estimate of drug-likeness (QED) is 0.214. The molecule has 10 aromatic rings. The van der Waals surface area contributed by atoms with Gasteiger partial charge in [0.15, 0.2) is 0 Å². The molecule has 3 aromatic heterocycles. The summed E-state index contributed by atoms with van der Waals surface area (Å²) in [6.45, 7) is 4.00. The molecular formula is C44H32N2O. The van der Waals surface area contributed by atoms with Crippen LogP contribution in [0.4, 0.5) is 0 Å². The number of H-pyrrole nitrogens is 1. The normalized spacial score (nSPS) is 11.6. The van der Waals surface area contributed by atoms with Crippen LogP contribution in [-0.4, -0.2) is 9.55 Å². The third-order valence-electron chi connectivity index (χ3n) is 9.34. The van der Waals surface area contributed by atoms with E-state index in [2.05, 4.69) is 149 Å². The standard InChI is InChI=1S/C42H26N2O.C2H6/c1-4-16-38-31(11-1)32-12-2-5-17-39(32)44(38)29-20-22-37-36(25-29)35-15-8-14-30(42(35)43-37)28-10-7-9-26(23-28)27-19-21-34-33-13-3-6-18-40(33)45-41(34)24-27;1-2/h1-25,43H;1-2H3. The molecule has 47 heavy (non-hydrogen) atoms. The Morgan fingerprint density at radius 1 is 0.447 bits per heavy atom. The summed E-state index contributed by atoms with van der Waals surface area (Å²) in [4.78, 5) is 3.77. The van der Waals surface area contributed by atoms with E-state index >= 15 is 0 Å². The lowest BCUT2D eigenvalue weighted by Gasteiger charge is -2.08. The first-order valence-electron chi connectivity index (χ1n) is 16.4. The number of nitrogens with one attached hydrogen (secondary N) is 1. The van der Waals surface area contributed by atoms with Crippen LogP contribution < -0.4 is 0 Å². The summed E-state index contributed by atoms with van der Waals surface area (Å²) in [7, 11) is 0. The van der Waals surface area contributed by atoms with Crippen LogP contribution in [0.25, 0.3) is 93.5 Å². The maximum atomic E-state index is 6.20. The Bertz CT molecular complexity index is 2720. The Labute approximate surface area is 272 Å². The van der Waals surface area contributed by atoms with Crippen molar-refractivity contribution in [2.75, 3.05) is 0 Å². The SMILES string of the molecule is CC.c1cc(-c2ccc3c(c2)oc2ccccc23)cc(-c2cccc3c2[nH]c2ccc(-n4c5ccccc5c5ccccc54)cc23)c1. The molecule has 0 saturated heterocycles. The minimum atomic E-state index is 0.913. The van der Waals surface area contributed by atoms with E-state index in [4.69, 9.17) is 4.42 Å². The Hall–Kier alpha value is -6.06. The van der Waals surface area contributed by atoms with Crippen LogP contribution >= 0.6 is 0 Å². The monoisotopic (exact) mass is 604 g/mol. The molecule has 0 bridgehead atoms. The number of hydrogen-bond acceptors (Lipinski definition) is 1. The Balaban J connectivity index is 0.00000149. The first-order chi connectivity index (χ1) is 23.3. The molecule has 0 saturated carbocycles. The molecule has 1 N–H and O–H groups in total. The molecule has 0 aliphatic heterocycles. The summed E-state index contributed by atoms with van der Waals surface area (Å²) in [6, 6.07) is 54.3. The summed E-state index contributed by atoms with van der Waals surface area (Å²) < 4.78 is 8.58. The molecule has 0 radical (unpaired) electrons. The third kappa shape index (κ3) is 4.20. The molecule has 0 aliphatic rings. The van der Waals surface area contributed by atoms with Gasteiger partial charge in [0.25, 0.3) is 0 Å². The summed E-state index contributed by atoms with van der Waals surface area (Å²) in [5.41, 5.74) is 12.4. The van der Waals surface area contributed by atoms with E-state index in [1.807, 2.05) is 26.0 Å². The third-order valence-corrected chi connectivity index (χ3v) is 9.34. The predicted molar refractivity (Wildman–Crippen MR) is 200 cm³/mol. The van der Waals surface area contributed by atoms with E-state index in [1.165, 1.54) is 43.7 Å². The molecule has 0 atom stereocenters. The van der Waals surface area contributed by atoms with Crippen LogP contribution in [0.5, 0.6) is 0 Å². The first-order valence-corrected chi connectivity index (χ1v) is 16.4. The van der Waals surface area contributed by atoms with E-state index in [0.717, 1.165) is 49.8 Å². The molecule has 0 spiro atoms. The molecule has 0 aliphatic carbocycles. The molecule has 0 fully saturated rings. The smallest absolute Gasteiger partial charge is 0.136 e. The van der Waals surface area contributed by atoms with E-state index in [9.17, 15) is 0 Å². The van der Waals surface area contributed by atoms with Crippen molar-refractivity contribution in [3.05, 3.63) is 152 Å². The predicted octanol–water partition coefficient (Wildman–Crippen LogP) is 12.7. The number of furan rings is 1. The Morgan fingerprint density at radius 3 is 1.89 bits per heavy atom. The van der Waals surface area contributed by atoms with Crippen molar-refractivity contribution in [3.8, 4) is 27.9 Å². The van der Waals surface area contributed by atoms with Gasteiger partial charge in [-0.05, 0) is 71.3 Å². The minimum absolute atomic E-state index is 0.913. The molecule has 0 amide bonds. The van der Waals surface area contributed by atoms with Crippen LogP contribution in [0.2, 0.25) is 0 Å². The number of para-hydroxylation sites is 4. The van der Waals surface area contributed by atoms with Gasteiger partial charge in [-0.2, -0.15) is 0 Å². The first kappa shape index (κ1) is 27.3. The van der Waals surface area contributed by atoms with Gasteiger partial charge < -0.3 is 14.0 Å². The van der Waals surface area contributed by atoms with Gasteiger partial charge in [0.1, 0.15) is 11.2 Å². The summed E-state index contributed by atoms with van der Waals surface area (Å²) in [6.07, 6.45) is 0. The van der Waals surface area contributed by atoms with Gasteiger partial charge in [0, 0.05) is 49.1 Å². The molecule has 3 heterocycles. The fourth-order valence-electron chi connectivity index (χ4n) is 7.26. The second kappa shape index (κ2) is 10.8. The molecule has 3 nitrogen and oxygen atoms in total. The van der Waals surface area contributed by atoms with Gasteiger partial charge in [-0.25, -0.2) is 0 Å². The summed E-state index contributed by atoms with van der Waals surface area (Å²) in [5, 5.41) is 7.28. The van der Waals surface area contributed by atoms with Gasteiger partial charge in [-0.3, -0.25) is 0 Å². The highest BCUT2D eigenvalue weighted by Gasteiger charge is 2.15. The molecule has 7 aromatic carbocycles. The Morgan fingerprint density at radius 2 is 1.09 bits per heavy atom. The number of aromatic amines is 1. The lowest BCUT2D eigenvalue weighted by atomic mass is 9.97. The summed E-state index contributed by atoms with van der Waals surface area (Å²) in [5.74, 6) is 0. The Kier molecular flexibility index (Phi) is 6.26. The number of hydrogen-bond donors (Lipinski definition) is 1. The van der Waals surface area contributed by atoms with Gasteiger partial charge in [0.2, 0.25) is 0 Å². The summed E-state index contributed by atoms with van der Waals surface area (Å²) >= 11 is 0. The largest absolute Gasteiger partial charge is 0.456 e. The second-order valence-corrected chi connectivity index (χ2v) is 11.8. The number of benzene rings is 7. The van der Waals surface area contributed by atoms with Crippen LogP contribution in [0.15, 0.2) is 156 Å². The number of aromatic nitrogens is 2. The van der Waals surface area contributed by atoms with Crippen molar-refractivity contribution in [3.63, 3.8) is 0 Å². The van der Waals surface area contributed by atoms with Gasteiger partial charge in [0.05, 0.1) is 16.6 Å². The van der Waals surface area contributed by atoms with E-state index in [0.29, 0.717) is 0 Å². The minimum Gasteiger partial charge on any atom is -0.456 e. The van der Waals surface area contributed by atoms with E-state index < -0.39 is 0 Å². The number of rotatable bonds is 3. The second-order valence-electron chi connectivity index (χ2n) is 11.8. The highest BCUT2D eigenvalue weighted by Crippen LogP contribution is 2.38. The van der Waals surface area contributed by atoms with Crippen molar-refractivity contribution in [2.24, 2.45) is 0 Å². The maximum absolute atomic E-state index is 6.20. The van der Waals surface area contributed by atoms with Crippen LogP contribution in [0.3, 0.4) is 0 Å². The topological polar surface area (TPSA) is 33.9 Å². The highest BCUT2D eigenvalue weighted by molar-refractivity contribution is 6.14. The van der Waals surface area contributed by atoms with E-state index in [1.54, 1.807) is 0 Å². The van der Waals surface area contributed by atoms with Crippen molar-refractivity contribution in [1.82, 2.24) is 9.55 Å². The molecule has 224 valence electrons. The molecule has 0 unspecified atom stereocenters. The van der Waals surface area contributed by atoms with E-state index in [-0.39, 0.29) is 0 Å². The van der Waals surface area contributed by atoms with Gasteiger partial charge in [-0.15, -0.1) is 0 Å². The zero-order valence-corrected chi connectivity index (χ0v) is 26.3. The van der Waals surface area contributed by atoms with Crippen LogP contribution in [0, 0.1) is 0 Å². The lowest BCUT2D eigenvalue weighted by molar-refractivity contribution is 0.669. The van der Waals surface area contributed by atoms with Crippen LogP contribution in [0.1, 0.15) is 13.8 Å². The zero-order chi connectivity index (χ0) is 31.5. The average Bonchev–Trinajstić information content (AvgIpc) is 3.81. The molecule has 10 rings (SSSR count). The maximum Gasteiger partial charge on any atom is 0.136 e. The van der Waals surface area contributed by atoms with Crippen molar-refractivity contribution < 1.29 is 4.42 Å². The fourth-order valence-corrected chi connectivity index (χ4v) is 7.26. The van der Waals surface area contributed by atoms with Gasteiger partial charge >= 0.3 is 0 Å². The van der Waals surface area contributed by atoms with Crippen LogP contribution in [-0.2, 0) is 0 Å². The van der Waals surface area contributed by atoms with Crippen molar-refractivity contribution in [2.45, 2.75) is 13.8 Å².